The molecule has 0 spiro atoms. The molecule has 0 aromatic heterocycles. The first-order chi connectivity index (χ1) is 9.93. The first-order valence-corrected chi connectivity index (χ1v) is 7.34. The Balaban J connectivity index is 1.90. The predicted molar refractivity (Wildman–Crippen MR) is 81.5 cm³/mol. The van der Waals surface area contributed by atoms with Crippen LogP contribution in [-0.2, 0) is 9.59 Å². The van der Waals surface area contributed by atoms with Gasteiger partial charge in [-0.25, -0.2) is 0 Å². The van der Waals surface area contributed by atoms with Crippen molar-refractivity contribution >= 4 is 29.2 Å². The maximum atomic E-state index is 12.0. The topological polar surface area (TPSA) is 69.6 Å². The fourth-order valence-electron chi connectivity index (χ4n) is 2.63. The summed E-state index contributed by atoms with van der Waals surface area (Å²) in [5, 5.41) is 12.6. The van der Waals surface area contributed by atoms with Gasteiger partial charge < -0.3 is 10.4 Å². The number of nitrogens with zero attached hydrogens (tertiary/aromatic N) is 1. The molecular formula is C15H19ClN2O3. The van der Waals surface area contributed by atoms with Crippen molar-refractivity contribution in [1.82, 2.24) is 4.90 Å². The highest BCUT2D eigenvalue weighted by Gasteiger charge is 2.42. The molecular weight excluding hydrogens is 292 g/mol. The fraction of sp³-hybridized carbons (Fsp3) is 0.467. The highest BCUT2D eigenvalue weighted by Crippen LogP contribution is 2.29. The van der Waals surface area contributed by atoms with Gasteiger partial charge in [-0.2, -0.15) is 0 Å². The number of carboxylic acids is 1. The van der Waals surface area contributed by atoms with Crippen molar-refractivity contribution in [2.24, 2.45) is 0 Å². The standard InChI is InChI=1S/C15H19ClN2O3/c1-15(14(20)21)8-4-9-18(15)10-7-13(19)17-12-6-3-2-5-11(12)16/h2-3,5-6H,4,7-10H2,1H3,(H,17,19)(H,20,21). The summed E-state index contributed by atoms with van der Waals surface area (Å²) in [7, 11) is 0. The van der Waals surface area contributed by atoms with Crippen LogP contribution in [0.25, 0.3) is 0 Å². The fourth-order valence-corrected chi connectivity index (χ4v) is 2.81. The van der Waals surface area contributed by atoms with Gasteiger partial charge in [-0.15, -0.1) is 0 Å². The number of rotatable bonds is 5. The summed E-state index contributed by atoms with van der Waals surface area (Å²) in [5.74, 6) is -0.991. The third kappa shape index (κ3) is 3.54. The number of aliphatic carboxylic acids is 1. The number of benzene rings is 1. The highest BCUT2D eigenvalue weighted by molar-refractivity contribution is 6.33. The van der Waals surface area contributed by atoms with E-state index in [1.165, 1.54) is 0 Å². The molecule has 0 aliphatic carbocycles. The molecule has 21 heavy (non-hydrogen) atoms. The zero-order chi connectivity index (χ0) is 15.5. The zero-order valence-corrected chi connectivity index (χ0v) is 12.7. The third-order valence-corrected chi connectivity index (χ3v) is 4.34. The van der Waals surface area contributed by atoms with E-state index < -0.39 is 11.5 Å². The number of carboxylic acid groups (broad SMARTS) is 1. The smallest absolute Gasteiger partial charge is 0.323 e. The largest absolute Gasteiger partial charge is 0.480 e. The Hall–Kier alpha value is -1.59. The van der Waals surface area contributed by atoms with Crippen LogP contribution in [0.2, 0.25) is 5.02 Å². The van der Waals surface area contributed by atoms with Crippen molar-refractivity contribution < 1.29 is 14.7 Å². The van der Waals surface area contributed by atoms with Crippen LogP contribution in [0, 0.1) is 0 Å². The van der Waals surface area contributed by atoms with Gasteiger partial charge in [0.2, 0.25) is 5.91 Å². The van der Waals surface area contributed by atoms with Gasteiger partial charge in [-0.3, -0.25) is 14.5 Å². The summed E-state index contributed by atoms with van der Waals surface area (Å²) >= 11 is 5.98. The molecule has 0 bridgehead atoms. The van der Waals surface area contributed by atoms with Crippen LogP contribution in [0.1, 0.15) is 26.2 Å². The van der Waals surface area contributed by atoms with Gasteiger partial charge in [0, 0.05) is 13.0 Å². The number of hydrogen-bond donors (Lipinski definition) is 2. The second-order valence-electron chi connectivity index (χ2n) is 5.45. The number of carbonyl (C=O) groups excluding carboxylic acids is 1. The van der Waals surface area contributed by atoms with E-state index in [4.69, 9.17) is 11.6 Å². The summed E-state index contributed by atoms with van der Waals surface area (Å²) in [5.41, 5.74) is -0.281. The molecule has 2 rings (SSSR count). The number of amides is 1. The molecule has 6 heteroatoms. The molecule has 0 saturated carbocycles. The number of likely N-dealkylation sites (tertiary alicyclic amines) is 1. The first-order valence-electron chi connectivity index (χ1n) is 6.96. The Morgan fingerprint density at radius 2 is 2.14 bits per heavy atom. The molecule has 1 aromatic rings. The van der Waals surface area contributed by atoms with Gasteiger partial charge in [0.1, 0.15) is 5.54 Å². The van der Waals surface area contributed by atoms with Crippen molar-refractivity contribution in [1.29, 1.82) is 0 Å². The summed E-state index contributed by atoms with van der Waals surface area (Å²) in [6.07, 6.45) is 1.71. The number of nitrogens with one attached hydrogen (secondary N) is 1. The second kappa shape index (κ2) is 6.45. The van der Waals surface area contributed by atoms with E-state index in [0.717, 1.165) is 6.42 Å². The Bertz CT molecular complexity index is 549. The van der Waals surface area contributed by atoms with E-state index in [-0.39, 0.29) is 12.3 Å². The normalized spacial score (nSPS) is 22.2. The van der Waals surface area contributed by atoms with Crippen molar-refractivity contribution in [2.75, 3.05) is 18.4 Å². The number of carbonyl (C=O) groups is 2. The van der Waals surface area contributed by atoms with Crippen LogP contribution in [0.5, 0.6) is 0 Å². The summed E-state index contributed by atoms with van der Waals surface area (Å²) < 4.78 is 0. The number of anilines is 1. The Morgan fingerprint density at radius 1 is 1.43 bits per heavy atom. The lowest BCUT2D eigenvalue weighted by molar-refractivity contribution is -0.148. The van der Waals surface area contributed by atoms with Crippen LogP contribution in [0.4, 0.5) is 5.69 Å². The molecule has 1 fully saturated rings. The molecule has 1 atom stereocenters. The minimum atomic E-state index is -0.856. The van der Waals surface area contributed by atoms with Gasteiger partial charge in [0.25, 0.3) is 0 Å². The van der Waals surface area contributed by atoms with Crippen molar-refractivity contribution in [3.8, 4) is 0 Å². The highest BCUT2D eigenvalue weighted by atomic mass is 35.5. The lowest BCUT2D eigenvalue weighted by Gasteiger charge is -2.30. The van der Waals surface area contributed by atoms with Crippen LogP contribution in [0.15, 0.2) is 24.3 Å². The number of hydrogen-bond acceptors (Lipinski definition) is 3. The lowest BCUT2D eigenvalue weighted by atomic mass is 9.99. The molecule has 1 aliphatic rings. The number of halogens is 1. The van der Waals surface area contributed by atoms with E-state index in [0.29, 0.717) is 30.2 Å². The molecule has 1 aliphatic heterocycles. The Kier molecular flexibility index (Phi) is 4.85. The lowest BCUT2D eigenvalue weighted by Crippen LogP contribution is -2.48. The van der Waals surface area contributed by atoms with Gasteiger partial charge in [-0.1, -0.05) is 23.7 Å². The SMILES string of the molecule is CC1(C(=O)O)CCCN1CCC(=O)Nc1ccccc1Cl. The monoisotopic (exact) mass is 310 g/mol. The Morgan fingerprint density at radius 3 is 2.81 bits per heavy atom. The molecule has 5 nitrogen and oxygen atoms in total. The van der Waals surface area contributed by atoms with E-state index in [9.17, 15) is 14.7 Å². The molecule has 114 valence electrons. The van der Waals surface area contributed by atoms with Crippen LogP contribution in [0.3, 0.4) is 0 Å². The summed E-state index contributed by atoms with van der Waals surface area (Å²) in [6, 6.07) is 7.03. The van der Waals surface area contributed by atoms with Gasteiger partial charge in [0.05, 0.1) is 10.7 Å². The third-order valence-electron chi connectivity index (χ3n) is 4.01. The van der Waals surface area contributed by atoms with Gasteiger partial charge in [-0.05, 0) is 38.4 Å². The number of para-hydroxylation sites is 1. The molecule has 2 N–H and O–H groups in total. The molecule has 0 radical (unpaired) electrons. The zero-order valence-electron chi connectivity index (χ0n) is 11.9. The average Bonchev–Trinajstić information content (AvgIpc) is 2.82. The van der Waals surface area contributed by atoms with E-state index in [1.807, 2.05) is 4.90 Å². The minimum Gasteiger partial charge on any atom is -0.480 e. The van der Waals surface area contributed by atoms with Crippen LogP contribution in [-0.4, -0.2) is 40.5 Å². The second-order valence-corrected chi connectivity index (χ2v) is 5.85. The summed E-state index contributed by atoms with van der Waals surface area (Å²) in [4.78, 5) is 25.2. The van der Waals surface area contributed by atoms with Crippen LogP contribution < -0.4 is 5.32 Å². The van der Waals surface area contributed by atoms with Gasteiger partial charge >= 0.3 is 5.97 Å². The van der Waals surface area contributed by atoms with Crippen LogP contribution >= 0.6 is 11.6 Å². The summed E-state index contributed by atoms with van der Waals surface area (Å²) in [6.45, 7) is 2.86. The van der Waals surface area contributed by atoms with E-state index in [1.54, 1.807) is 31.2 Å². The maximum absolute atomic E-state index is 12.0. The first kappa shape index (κ1) is 15.8. The minimum absolute atomic E-state index is 0.164. The quantitative estimate of drug-likeness (QED) is 0.877. The van der Waals surface area contributed by atoms with Crippen molar-refractivity contribution in [3.63, 3.8) is 0 Å². The molecule has 1 saturated heterocycles. The predicted octanol–water partition coefficient (Wildman–Crippen LogP) is 2.61. The maximum Gasteiger partial charge on any atom is 0.323 e. The Labute approximate surface area is 128 Å². The van der Waals surface area contributed by atoms with Crippen molar-refractivity contribution in [2.45, 2.75) is 31.7 Å². The van der Waals surface area contributed by atoms with Gasteiger partial charge in [0.15, 0.2) is 0 Å². The van der Waals surface area contributed by atoms with E-state index >= 15 is 0 Å². The van der Waals surface area contributed by atoms with E-state index in [2.05, 4.69) is 5.32 Å². The molecule has 1 aromatic carbocycles. The molecule has 1 unspecified atom stereocenters. The average molecular weight is 311 g/mol. The van der Waals surface area contributed by atoms with Crippen molar-refractivity contribution in [3.05, 3.63) is 29.3 Å². The molecule has 1 amide bonds. The molecule has 1 heterocycles.